The van der Waals surface area contributed by atoms with E-state index >= 15 is 0 Å². The number of nitrogens with two attached hydrogens (primary N) is 1. The van der Waals surface area contributed by atoms with E-state index < -0.39 is 0 Å². The lowest BCUT2D eigenvalue weighted by atomic mass is 9.98. The van der Waals surface area contributed by atoms with Crippen LogP contribution in [0.3, 0.4) is 0 Å². The van der Waals surface area contributed by atoms with Gasteiger partial charge in [0.2, 0.25) is 0 Å². The molecule has 0 aromatic heterocycles. The second kappa shape index (κ2) is 6.44. The standard InChI is InChI=1S/C18H22N2O/c1-4-12(2)14-7-9-16(10-8-14)20-18(21)15-6-5-13(3)17(19)11-15/h5-12H,4,19H2,1-3H3,(H,20,21). The molecule has 3 nitrogen and oxygen atoms in total. The second-order valence-electron chi connectivity index (χ2n) is 5.46. The topological polar surface area (TPSA) is 55.1 Å². The number of rotatable bonds is 4. The van der Waals surface area contributed by atoms with E-state index in [9.17, 15) is 4.79 Å². The smallest absolute Gasteiger partial charge is 0.255 e. The van der Waals surface area contributed by atoms with Crippen LogP contribution >= 0.6 is 0 Å². The molecule has 0 bridgehead atoms. The van der Waals surface area contributed by atoms with Crippen LogP contribution in [0.2, 0.25) is 0 Å². The summed E-state index contributed by atoms with van der Waals surface area (Å²) in [6, 6.07) is 13.4. The summed E-state index contributed by atoms with van der Waals surface area (Å²) in [5.41, 5.74) is 10.1. The molecule has 0 heterocycles. The van der Waals surface area contributed by atoms with Crippen molar-refractivity contribution >= 4 is 17.3 Å². The van der Waals surface area contributed by atoms with Gasteiger partial charge in [-0.2, -0.15) is 0 Å². The van der Waals surface area contributed by atoms with Crippen molar-refractivity contribution in [3.8, 4) is 0 Å². The minimum absolute atomic E-state index is 0.141. The van der Waals surface area contributed by atoms with Crippen molar-refractivity contribution in [3.05, 3.63) is 59.2 Å². The molecule has 0 radical (unpaired) electrons. The van der Waals surface area contributed by atoms with E-state index in [2.05, 4.69) is 31.3 Å². The number of carbonyl (C=O) groups is 1. The van der Waals surface area contributed by atoms with E-state index in [0.717, 1.165) is 17.7 Å². The van der Waals surface area contributed by atoms with Gasteiger partial charge in [-0.05, 0) is 54.7 Å². The molecule has 0 spiro atoms. The highest BCUT2D eigenvalue weighted by Crippen LogP contribution is 2.21. The third-order valence-electron chi connectivity index (χ3n) is 3.89. The maximum atomic E-state index is 12.2. The highest BCUT2D eigenvalue weighted by Gasteiger charge is 2.08. The number of aryl methyl sites for hydroxylation is 1. The number of anilines is 2. The molecule has 0 aliphatic rings. The fourth-order valence-corrected chi connectivity index (χ4v) is 2.12. The van der Waals surface area contributed by atoms with E-state index in [4.69, 9.17) is 5.73 Å². The summed E-state index contributed by atoms with van der Waals surface area (Å²) in [4.78, 5) is 12.2. The molecule has 0 aliphatic heterocycles. The van der Waals surface area contributed by atoms with Crippen molar-refractivity contribution in [3.63, 3.8) is 0 Å². The van der Waals surface area contributed by atoms with Crippen molar-refractivity contribution in [1.82, 2.24) is 0 Å². The first-order valence-electron chi connectivity index (χ1n) is 7.28. The zero-order valence-corrected chi connectivity index (χ0v) is 12.8. The second-order valence-corrected chi connectivity index (χ2v) is 5.46. The van der Waals surface area contributed by atoms with Crippen molar-refractivity contribution < 1.29 is 4.79 Å². The van der Waals surface area contributed by atoms with E-state index in [0.29, 0.717) is 17.2 Å². The molecule has 2 aromatic rings. The molecule has 3 heteroatoms. The van der Waals surface area contributed by atoms with Crippen LogP contribution in [0.1, 0.15) is 47.7 Å². The quantitative estimate of drug-likeness (QED) is 0.819. The van der Waals surface area contributed by atoms with Gasteiger partial charge in [-0.1, -0.05) is 32.0 Å². The van der Waals surface area contributed by atoms with Crippen LogP contribution in [-0.4, -0.2) is 5.91 Å². The highest BCUT2D eigenvalue weighted by molar-refractivity contribution is 6.04. The number of hydrogen-bond acceptors (Lipinski definition) is 2. The fourth-order valence-electron chi connectivity index (χ4n) is 2.12. The third-order valence-corrected chi connectivity index (χ3v) is 3.89. The Kier molecular flexibility index (Phi) is 4.63. The molecule has 110 valence electrons. The van der Waals surface area contributed by atoms with Crippen LogP contribution < -0.4 is 11.1 Å². The number of hydrogen-bond donors (Lipinski definition) is 2. The van der Waals surface area contributed by atoms with Gasteiger partial charge >= 0.3 is 0 Å². The van der Waals surface area contributed by atoms with Crippen molar-refractivity contribution in [1.29, 1.82) is 0 Å². The molecular formula is C18H22N2O. The van der Waals surface area contributed by atoms with Crippen LogP contribution in [0.4, 0.5) is 11.4 Å². The lowest BCUT2D eigenvalue weighted by Crippen LogP contribution is -2.12. The molecule has 3 N–H and O–H groups in total. The van der Waals surface area contributed by atoms with Gasteiger partial charge < -0.3 is 11.1 Å². The molecule has 1 unspecified atom stereocenters. The number of carbonyl (C=O) groups excluding carboxylic acids is 1. The maximum Gasteiger partial charge on any atom is 0.255 e. The summed E-state index contributed by atoms with van der Waals surface area (Å²) >= 11 is 0. The SMILES string of the molecule is CCC(C)c1ccc(NC(=O)c2ccc(C)c(N)c2)cc1. The Morgan fingerprint density at radius 3 is 2.43 bits per heavy atom. The molecule has 1 amide bonds. The van der Waals surface area contributed by atoms with E-state index in [1.807, 2.05) is 25.1 Å². The molecule has 2 rings (SSSR count). The molecule has 0 saturated heterocycles. The zero-order chi connectivity index (χ0) is 15.4. The summed E-state index contributed by atoms with van der Waals surface area (Å²) in [7, 11) is 0. The van der Waals surface area contributed by atoms with Gasteiger partial charge in [-0.15, -0.1) is 0 Å². The Morgan fingerprint density at radius 1 is 1.19 bits per heavy atom. The van der Waals surface area contributed by atoms with Crippen LogP contribution in [0.15, 0.2) is 42.5 Å². The van der Waals surface area contributed by atoms with E-state index in [1.54, 1.807) is 12.1 Å². The van der Waals surface area contributed by atoms with Gasteiger partial charge in [0.1, 0.15) is 0 Å². The predicted octanol–water partition coefficient (Wildman–Crippen LogP) is 4.34. The largest absolute Gasteiger partial charge is 0.398 e. The van der Waals surface area contributed by atoms with Gasteiger partial charge in [-0.3, -0.25) is 4.79 Å². The first kappa shape index (κ1) is 15.1. The summed E-state index contributed by atoms with van der Waals surface area (Å²) in [6.45, 7) is 6.29. The van der Waals surface area contributed by atoms with E-state index in [-0.39, 0.29) is 5.91 Å². The Hall–Kier alpha value is -2.29. The number of nitrogens with one attached hydrogen (secondary N) is 1. The first-order chi connectivity index (χ1) is 10.0. The minimum Gasteiger partial charge on any atom is -0.398 e. The predicted molar refractivity (Wildman–Crippen MR) is 88.7 cm³/mol. The molecular weight excluding hydrogens is 260 g/mol. The lowest BCUT2D eigenvalue weighted by Gasteiger charge is -2.11. The Morgan fingerprint density at radius 2 is 1.86 bits per heavy atom. The summed E-state index contributed by atoms with van der Waals surface area (Å²) in [5.74, 6) is 0.393. The summed E-state index contributed by atoms with van der Waals surface area (Å²) in [6.07, 6.45) is 1.11. The van der Waals surface area contributed by atoms with Crippen LogP contribution in [-0.2, 0) is 0 Å². The van der Waals surface area contributed by atoms with E-state index in [1.165, 1.54) is 5.56 Å². The van der Waals surface area contributed by atoms with Crippen LogP contribution in [0, 0.1) is 6.92 Å². The molecule has 1 atom stereocenters. The Bertz CT molecular complexity index is 632. The van der Waals surface area contributed by atoms with Gasteiger partial charge in [0.05, 0.1) is 0 Å². The van der Waals surface area contributed by atoms with Crippen LogP contribution in [0.5, 0.6) is 0 Å². The average molecular weight is 282 g/mol. The van der Waals surface area contributed by atoms with Crippen molar-refractivity contribution in [2.24, 2.45) is 0 Å². The number of benzene rings is 2. The molecule has 2 aromatic carbocycles. The highest BCUT2D eigenvalue weighted by atomic mass is 16.1. The molecule has 0 fully saturated rings. The van der Waals surface area contributed by atoms with Gasteiger partial charge in [-0.25, -0.2) is 0 Å². The monoisotopic (exact) mass is 282 g/mol. The van der Waals surface area contributed by atoms with Gasteiger partial charge in [0.25, 0.3) is 5.91 Å². The van der Waals surface area contributed by atoms with Gasteiger partial charge in [0.15, 0.2) is 0 Å². The maximum absolute atomic E-state index is 12.2. The number of nitrogen functional groups attached to an aromatic ring is 1. The lowest BCUT2D eigenvalue weighted by molar-refractivity contribution is 0.102. The summed E-state index contributed by atoms with van der Waals surface area (Å²) in [5, 5.41) is 2.89. The Labute approximate surface area is 126 Å². The molecule has 21 heavy (non-hydrogen) atoms. The fraction of sp³-hybridized carbons (Fsp3) is 0.278. The molecule has 0 saturated carbocycles. The molecule has 0 aliphatic carbocycles. The van der Waals surface area contributed by atoms with Crippen molar-refractivity contribution in [2.75, 3.05) is 11.1 Å². The first-order valence-corrected chi connectivity index (χ1v) is 7.28. The number of amides is 1. The van der Waals surface area contributed by atoms with Crippen LogP contribution in [0.25, 0.3) is 0 Å². The average Bonchev–Trinajstić information content (AvgIpc) is 2.50. The normalized spacial score (nSPS) is 12.0. The van der Waals surface area contributed by atoms with Gasteiger partial charge in [0, 0.05) is 16.9 Å². The Balaban J connectivity index is 2.10. The summed E-state index contributed by atoms with van der Waals surface area (Å²) < 4.78 is 0. The third kappa shape index (κ3) is 3.63. The van der Waals surface area contributed by atoms with Crippen molar-refractivity contribution in [2.45, 2.75) is 33.1 Å². The zero-order valence-electron chi connectivity index (χ0n) is 12.8. The minimum atomic E-state index is -0.141.